The Morgan fingerprint density at radius 1 is 0.311 bits per heavy atom. The number of para-hydroxylation sites is 2. The van der Waals surface area contributed by atoms with Gasteiger partial charge in [0.1, 0.15) is 0 Å². The molecule has 2 heterocycles. The molecular formula is C59H42N2. The van der Waals surface area contributed by atoms with Crippen LogP contribution in [0.15, 0.2) is 206 Å². The Balaban J connectivity index is 1.02. The van der Waals surface area contributed by atoms with Crippen LogP contribution in [-0.4, -0.2) is 9.13 Å². The molecule has 2 aliphatic carbocycles. The van der Waals surface area contributed by atoms with Crippen molar-refractivity contribution in [3.63, 3.8) is 0 Å². The molecule has 0 unspecified atom stereocenters. The van der Waals surface area contributed by atoms with Gasteiger partial charge in [-0.1, -0.05) is 152 Å². The highest BCUT2D eigenvalue weighted by Crippen LogP contribution is 2.57. The second-order valence-electron chi connectivity index (χ2n) is 17.2. The molecule has 2 nitrogen and oxygen atoms in total. The van der Waals surface area contributed by atoms with E-state index in [0.29, 0.717) is 0 Å². The average molecular weight is 779 g/mol. The van der Waals surface area contributed by atoms with Crippen LogP contribution in [0.1, 0.15) is 36.8 Å². The quantitative estimate of drug-likeness (QED) is 0.165. The highest BCUT2D eigenvalue weighted by atomic mass is 15.0. The van der Waals surface area contributed by atoms with Crippen LogP contribution in [-0.2, 0) is 5.41 Å². The molecule has 13 rings (SSSR count). The Labute approximate surface area is 355 Å². The number of rotatable bonds is 5. The standard InChI is InChI=1S/C59H42N2/c1-4-16-39(17-5-1)43-36-49(40-18-6-2-7-19-40)58-51-35-42(27-31-56(51)60(57(58)37-43)44-20-8-3-9-21-44)41-26-30-55-50(34-41)48-23-11-13-25-54(48)61(55)45-28-29-47-46-22-10-12-24-52(46)59(53(47)38-45)32-14-15-33-59/h1-13,16-31,34-38H,14-15,32-33H2. The van der Waals surface area contributed by atoms with E-state index >= 15 is 0 Å². The smallest absolute Gasteiger partial charge is 0.0553 e. The number of hydrogen-bond acceptors (Lipinski definition) is 0. The van der Waals surface area contributed by atoms with Gasteiger partial charge in [0.05, 0.1) is 22.1 Å². The van der Waals surface area contributed by atoms with Gasteiger partial charge >= 0.3 is 0 Å². The first-order valence-electron chi connectivity index (χ1n) is 21.8. The molecule has 0 saturated heterocycles. The van der Waals surface area contributed by atoms with Gasteiger partial charge in [-0.25, -0.2) is 0 Å². The molecule has 2 aliphatic rings. The van der Waals surface area contributed by atoms with E-state index in [4.69, 9.17) is 0 Å². The Hall–Kier alpha value is -7.42. The van der Waals surface area contributed by atoms with E-state index < -0.39 is 0 Å². The fraction of sp³-hybridized carbons (Fsp3) is 0.0847. The van der Waals surface area contributed by atoms with E-state index in [1.54, 1.807) is 0 Å². The number of hydrogen-bond donors (Lipinski definition) is 0. The van der Waals surface area contributed by atoms with Crippen LogP contribution in [0.25, 0.3) is 99.5 Å². The summed E-state index contributed by atoms with van der Waals surface area (Å²) in [5, 5.41) is 5.07. The summed E-state index contributed by atoms with van der Waals surface area (Å²) in [6.07, 6.45) is 5.03. The third-order valence-electron chi connectivity index (χ3n) is 14.0. The Morgan fingerprint density at radius 3 is 1.67 bits per heavy atom. The van der Waals surface area contributed by atoms with Gasteiger partial charge in [0.2, 0.25) is 0 Å². The van der Waals surface area contributed by atoms with Crippen LogP contribution >= 0.6 is 0 Å². The van der Waals surface area contributed by atoms with Crippen LogP contribution in [0, 0.1) is 0 Å². The molecular weight excluding hydrogens is 737 g/mol. The first-order valence-corrected chi connectivity index (χ1v) is 21.8. The van der Waals surface area contributed by atoms with Crippen molar-refractivity contribution in [3.05, 3.63) is 217 Å². The number of nitrogens with zero attached hydrogens (tertiary/aromatic N) is 2. The molecule has 61 heavy (non-hydrogen) atoms. The highest BCUT2D eigenvalue weighted by molar-refractivity contribution is 6.18. The van der Waals surface area contributed by atoms with Gasteiger partial charge in [0.15, 0.2) is 0 Å². The third kappa shape index (κ3) is 5.09. The summed E-state index contributed by atoms with van der Waals surface area (Å²) in [5.41, 5.74) is 20.6. The van der Waals surface area contributed by atoms with Crippen molar-refractivity contribution in [2.24, 2.45) is 0 Å². The van der Waals surface area contributed by atoms with Crippen molar-refractivity contribution in [2.75, 3.05) is 0 Å². The summed E-state index contributed by atoms with van der Waals surface area (Å²) in [6, 6.07) is 76.9. The molecule has 0 amide bonds. The van der Waals surface area contributed by atoms with Crippen LogP contribution in [0.2, 0.25) is 0 Å². The molecule has 0 radical (unpaired) electrons. The average Bonchev–Trinajstić information content (AvgIpc) is 4.10. The summed E-state index contributed by atoms with van der Waals surface area (Å²) in [6.45, 7) is 0. The van der Waals surface area contributed by atoms with Crippen molar-refractivity contribution in [2.45, 2.75) is 31.1 Å². The van der Waals surface area contributed by atoms with E-state index in [2.05, 4.69) is 215 Å². The van der Waals surface area contributed by atoms with Crippen molar-refractivity contribution in [1.82, 2.24) is 9.13 Å². The highest BCUT2D eigenvalue weighted by Gasteiger charge is 2.45. The molecule has 0 N–H and O–H groups in total. The Bertz CT molecular complexity index is 3510. The minimum Gasteiger partial charge on any atom is -0.309 e. The molecule has 288 valence electrons. The molecule has 11 aromatic rings. The molecule has 0 aliphatic heterocycles. The maximum Gasteiger partial charge on any atom is 0.0553 e. The van der Waals surface area contributed by atoms with E-state index in [0.717, 1.165) is 5.69 Å². The van der Waals surface area contributed by atoms with Gasteiger partial charge in [0, 0.05) is 38.3 Å². The Kier molecular flexibility index (Phi) is 7.51. The van der Waals surface area contributed by atoms with E-state index in [1.165, 1.54) is 131 Å². The summed E-state index contributed by atoms with van der Waals surface area (Å²) < 4.78 is 4.96. The molecule has 0 bridgehead atoms. The maximum absolute atomic E-state index is 2.53. The van der Waals surface area contributed by atoms with Crippen LogP contribution in [0.4, 0.5) is 0 Å². The minimum atomic E-state index is 0.125. The predicted octanol–water partition coefficient (Wildman–Crippen LogP) is 15.7. The van der Waals surface area contributed by atoms with E-state index in [-0.39, 0.29) is 5.41 Å². The minimum absolute atomic E-state index is 0.125. The van der Waals surface area contributed by atoms with Gasteiger partial charge in [-0.05, 0) is 135 Å². The molecule has 1 spiro atoms. The molecule has 2 aromatic heterocycles. The summed E-state index contributed by atoms with van der Waals surface area (Å²) >= 11 is 0. The predicted molar refractivity (Wildman–Crippen MR) is 256 cm³/mol. The van der Waals surface area contributed by atoms with Crippen molar-refractivity contribution >= 4 is 43.6 Å². The maximum atomic E-state index is 2.53. The van der Waals surface area contributed by atoms with Gasteiger partial charge in [-0.2, -0.15) is 0 Å². The van der Waals surface area contributed by atoms with Gasteiger partial charge in [-0.3, -0.25) is 0 Å². The largest absolute Gasteiger partial charge is 0.309 e. The van der Waals surface area contributed by atoms with Crippen molar-refractivity contribution in [3.8, 4) is 55.9 Å². The lowest BCUT2D eigenvalue weighted by Crippen LogP contribution is -2.20. The number of aromatic nitrogens is 2. The Morgan fingerprint density at radius 2 is 0.902 bits per heavy atom. The third-order valence-corrected chi connectivity index (χ3v) is 14.0. The number of fused-ring (bicyclic) bond motifs is 11. The monoisotopic (exact) mass is 778 g/mol. The lowest BCUT2D eigenvalue weighted by atomic mass is 9.77. The summed E-state index contributed by atoms with van der Waals surface area (Å²) in [7, 11) is 0. The normalized spacial score (nSPS) is 14.1. The zero-order valence-electron chi connectivity index (χ0n) is 33.9. The zero-order chi connectivity index (χ0) is 40.1. The van der Waals surface area contributed by atoms with Crippen molar-refractivity contribution < 1.29 is 0 Å². The summed E-state index contributed by atoms with van der Waals surface area (Å²) in [5.74, 6) is 0. The SMILES string of the molecule is c1ccc(-c2cc(-c3ccccc3)c3c4cc(-c5ccc6c(c5)c5ccccc5n6-c5ccc6c(c5)C5(CCCC5)c5ccccc5-6)ccc4n(-c4ccccc4)c3c2)cc1. The van der Waals surface area contributed by atoms with Gasteiger partial charge in [-0.15, -0.1) is 0 Å². The van der Waals surface area contributed by atoms with E-state index in [1.807, 2.05) is 0 Å². The topological polar surface area (TPSA) is 9.86 Å². The van der Waals surface area contributed by atoms with Crippen LogP contribution in [0.5, 0.6) is 0 Å². The molecule has 2 heteroatoms. The molecule has 0 atom stereocenters. The van der Waals surface area contributed by atoms with Crippen molar-refractivity contribution in [1.29, 1.82) is 0 Å². The first kappa shape index (κ1) is 34.4. The number of benzene rings is 9. The van der Waals surface area contributed by atoms with Crippen LogP contribution < -0.4 is 0 Å². The first-order chi connectivity index (χ1) is 30.2. The second kappa shape index (κ2) is 13.3. The lowest BCUT2D eigenvalue weighted by Gasteiger charge is -2.27. The lowest BCUT2D eigenvalue weighted by molar-refractivity contribution is 0.549. The summed E-state index contributed by atoms with van der Waals surface area (Å²) in [4.78, 5) is 0. The second-order valence-corrected chi connectivity index (χ2v) is 17.2. The zero-order valence-corrected chi connectivity index (χ0v) is 33.9. The molecule has 1 fully saturated rings. The molecule has 9 aromatic carbocycles. The molecule has 1 saturated carbocycles. The fourth-order valence-electron chi connectivity index (χ4n) is 11.4. The van der Waals surface area contributed by atoms with E-state index in [9.17, 15) is 0 Å². The van der Waals surface area contributed by atoms with Gasteiger partial charge in [0.25, 0.3) is 0 Å². The fourth-order valence-corrected chi connectivity index (χ4v) is 11.4. The van der Waals surface area contributed by atoms with Gasteiger partial charge < -0.3 is 9.13 Å². The van der Waals surface area contributed by atoms with Crippen LogP contribution in [0.3, 0.4) is 0 Å².